The lowest BCUT2D eigenvalue weighted by molar-refractivity contribution is -0.137. The van der Waals surface area contributed by atoms with Crippen LogP contribution in [0.3, 0.4) is 0 Å². The number of anilines is 1. The maximum Gasteiger partial charge on any atom is 0.416 e. The van der Waals surface area contributed by atoms with Crippen LogP contribution in [0.4, 0.5) is 23.7 Å². The van der Waals surface area contributed by atoms with Crippen LogP contribution in [-0.2, 0) is 6.18 Å². The fourth-order valence-electron chi connectivity index (χ4n) is 1.08. The average Bonchev–Trinajstić information content (AvgIpc) is 2.26. The Hall–Kier alpha value is -1.43. The largest absolute Gasteiger partial charge is 0.416 e. The molecule has 0 fully saturated rings. The molecule has 7 heteroatoms. The van der Waals surface area contributed by atoms with E-state index in [1.54, 1.807) is 0 Å². The molecule has 3 nitrogen and oxygen atoms in total. The van der Waals surface area contributed by atoms with Crippen molar-refractivity contribution in [3.63, 3.8) is 0 Å². The number of alkyl halides is 4. The number of nitrogens with one attached hydrogen (secondary N) is 2. The number of rotatable bonds is 3. The second kappa shape index (κ2) is 5.77. The third-order valence-electron chi connectivity index (χ3n) is 1.85. The van der Waals surface area contributed by atoms with Crippen molar-refractivity contribution in [2.75, 3.05) is 17.7 Å². The molecule has 0 aliphatic carbocycles. The Kier molecular flexibility index (Phi) is 4.62. The Morgan fingerprint density at radius 2 is 1.82 bits per heavy atom. The van der Waals surface area contributed by atoms with E-state index in [4.69, 9.17) is 11.6 Å². The molecule has 0 spiro atoms. The standard InChI is InChI=1S/C10H10ClF3N2O/c11-5-6-15-9(17)16-8-3-1-7(2-4-8)10(12,13)14/h1-4H,5-6H2,(H2,15,16,17). The zero-order chi connectivity index (χ0) is 12.9. The van der Waals surface area contributed by atoms with Crippen LogP contribution in [0, 0.1) is 0 Å². The predicted molar refractivity (Wildman–Crippen MR) is 59.2 cm³/mol. The van der Waals surface area contributed by atoms with Crippen LogP contribution in [0.2, 0.25) is 0 Å². The minimum atomic E-state index is -4.38. The summed E-state index contributed by atoms with van der Waals surface area (Å²) in [4.78, 5) is 11.2. The number of hydrogen-bond donors (Lipinski definition) is 2. The minimum absolute atomic E-state index is 0.264. The Balaban J connectivity index is 2.60. The number of urea groups is 1. The van der Waals surface area contributed by atoms with Gasteiger partial charge in [0, 0.05) is 18.1 Å². The van der Waals surface area contributed by atoms with Crippen molar-refractivity contribution in [2.24, 2.45) is 0 Å². The van der Waals surface area contributed by atoms with Crippen molar-refractivity contribution < 1.29 is 18.0 Å². The first-order valence-corrected chi connectivity index (χ1v) is 5.25. The summed E-state index contributed by atoms with van der Waals surface area (Å²) in [6.45, 7) is 0.286. The molecule has 0 atom stereocenters. The van der Waals surface area contributed by atoms with Gasteiger partial charge in [0.05, 0.1) is 5.56 Å². The molecule has 94 valence electrons. The highest BCUT2D eigenvalue weighted by Gasteiger charge is 2.29. The number of benzene rings is 1. The summed E-state index contributed by atoms with van der Waals surface area (Å²) >= 11 is 5.35. The van der Waals surface area contributed by atoms with E-state index in [0.717, 1.165) is 12.1 Å². The van der Waals surface area contributed by atoms with E-state index in [9.17, 15) is 18.0 Å². The van der Waals surface area contributed by atoms with Gasteiger partial charge in [0.2, 0.25) is 0 Å². The smallest absolute Gasteiger partial charge is 0.337 e. The van der Waals surface area contributed by atoms with E-state index >= 15 is 0 Å². The number of hydrogen-bond acceptors (Lipinski definition) is 1. The summed E-state index contributed by atoms with van der Waals surface area (Å²) in [5, 5.41) is 4.80. The monoisotopic (exact) mass is 266 g/mol. The second-order valence-electron chi connectivity index (χ2n) is 3.14. The lowest BCUT2D eigenvalue weighted by Crippen LogP contribution is -2.30. The summed E-state index contributed by atoms with van der Waals surface area (Å²) in [5.41, 5.74) is -0.478. The molecule has 1 aromatic carbocycles. The van der Waals surface area contributed by atoms with Crippen molar-refractivity contribution in [3.8, 4) is 0 Å². The lowest BCUT2D eigenvalue weighted by atomic mass is 10.2. The van der Waals surface area contributed by atoms with Gasteiger partial charge in [-0.2, -0.15) is 13.2 Å². The van der Waals surface area contributed by atoms with Gasteiger partial charge in [-0.3, -0.25) is 0 Å². The molecule has 0 saturated carbocycles. The first-order valence-electron chi connectivity index (χ1n) is 4.71. The maximum atomic E-state index is 12.2. The van der Waals surface area contributed by atoms with Crippen LogP contribution in [0.25, 0.3) is 0 Å². The predicted octanol–water partition coefficient (Wildman–Crippen LogP) is 3.07. The van der Waals surface area contributed by atoms with Gasteiger partial charge in [0.25, 0.3) is 0 Å². The van der Waals surface area contributed by atoms with Gasteiger partial charge in [-0.15, -0.1) is 11.6 Å². The van der Waals surface area contributed by atoms with Crippen LogP contribution >= 0.6 is 11.6 Å². The third kappa shape index (κ3) is 4.52. The van der Waals surface area contributed by atoms with E-state index in [1.165, 1.54) is 12.1 Å². The average molecular weight is 267 g/mol. The summed E-state index contributed by atoms with van der Waals surface area (Å²) in [5.74, 6) is 0.264. The van der Waals surface area contributed by atoms with Crippen LogP contribution < -0.4 is 10.6 Å². The molecule has 2 amide bonds. The number of amides is 2. The van der Waals surface area contributed by atoms with E-state index in [2.05, 4.69) is 10.6 Å². The molecule has 0 saturated heterocycles. The molecule has 0 aromatic heterocycles. The zero-order valence-electron chi connectivity index (χ0n) is 8.64. The Labute approximate surface area is 101 Å². The molecule has 1 rings (SSSR count). The summed E-state index contributed by atoms with van der Waals surface area (Å²) < 4.78 is 36.7. The van der Waals surface area contributed by atoms with Crippen molar-refractivity contribution in [2.45, 2.75) is 6.18 Å². The van der Waals surface area contributed by atoms with Gasteiger partial charge < -0.3 is 10.6 Å². The van der Waals surface area contributed by atoms with Crippen molar-refractivity contribution in [1.29, 1.82) is 0 Å². The van der Waals surface area contributed by atoms with Crippen LogP contribution in [-0.4, -0.2) is 18.5 Å². The van der Waals surface area contributed by atoms with Gasteiger partial charge in [0.1, 0.15) is 0 Å². The molecule has 0 heterocycles. The topological polar surface area (TPSA) is 41.1 Å². The SMILES string of the molecule is O=C(NCCCl)Nc1ccc(C(F)(F)F)cc1. The highest BCUT2D eigenvalue weighted by Crippen LogP contribution is 2.29. The normalized spacial score (nSPS) is 11.1. The molecule has 17 heavy (non-hydrogen) atoms. The highest BCUT2D eigenvalue weighted by atomic mass is 35.5. The molecule has 0 unspecified atom stereocenters. The minimum Gasteiger partial charge on any atom is -0.337 e. The quantitative estimate of drug-likeness (QED) is 0.811. The summed E-state index contributed by atoms with van der Waals surface area (Å²) in [6, 6.07) is 3.66. The summed E-state index contributed by atoms with van der Waals surface area (Å²) in [6.07, 6.45) is -4.38. The van der Waals surface area contributed by atoms with E-state index in [-0.39, 0.29) is 18.1 Å². The molecule has 0 aliphatic heterocycles. The van der Waals surface area contributed by atoms with E-state index in [0.29, 0.717) is 0 Å². The molecular weight excluding hydrogens is 257 g/mol. The fraction of sp³-hybridized carbons (Fsp3) is 0.300. The van der Waals surface area contributed by atoms with Gasteiger partial charge in [0.15, 0.2) is 0 Å². The Bertz CT molecular complexity index is 378. The van der Waals surface area contributed by atoms with Crippen molar-refractivity contribution in [1.82, 2.24) is 5.32 Å². The van der Waals surface area contributed by atoms with E-state index in [1.807, 2.05) is 0 Å². The summed E-state index contributed by atoms with van der Waals surface area (Å²) in [7, 11) is 0. The molecular formula is C10H10ClF3N2O. The third-order valence-corrected chi connectivity index (χ3v) is 2.04. The molecule has 0 radical (unpaired) electrons. The van der Waals surface area contributed by atoms with Crippen LogP contribution in [0.15, 0.2) is 24.3 Å². The van der Waals surface area contributed by atoms with Crippen LogP contribution in [0.5, 0.6) is 0 Å². The Morgan fingerprint density at radius 3 is 2.29 bits per heavy atom. The molecule has 0 aliphatic rings. The van der Waals surface area contributed by atoms with E-state index < -0.39 is 17.8 Å². The number of carbonyl (C=O) groups excluding carboxylic acids is 1. The van der Waals surface area contributed by atoms with Crippen molar-refractivity contribution in [3.05, 3.63) is 29.8 Å². The molecule has 0 bridgehead atoms. The van der Waals surface area contributed by atoms with Crippen molar-refractivity contribution >= 4 is 23.3 Å². The highest BCUT2D eigenvalue weighted by molar-refractivity contribution is 6.18. The lowest BCUT2D eigenvalue weighted by Gasteiger charge is -2.09. The van der Waals surface area contributed by atoms with Gasteiger partial charge in [-0.05, 0) is 24.3 Å². The number of carbonyl (C=O) groups is 1. The Morgan fingerprint density at radius 1 is 1.24 bits per heavy atom. The maximum absolute atomic E-state index is 12.2. The van der Waals surface area contributed by atoms with Gasteiger partial charge in [-0.25, -0.2) is 4.79 Å². The second-order valence-corrected chi connectivity index (χ2v) is 3.52. The molecule has 2 N–H and O–H groups in total. The molecule has 1 aromatic rings. The fourth-order valence-corrected chi connectivity index (χ4v) is 1.17. The zero-order valence-corrected chi connectivity index (χ0v) is 9.40. The van der Waals surface area contributed by atoms with Crippen LogP contribution in [0.1, 0.15) is 5.56 Å². The van der Waals surface area contributed by atoms with Gasteiger partial charge >= 0.3 is 12.2 Å². The first-order chi connectivity index (χ1) is 7.93. The number of halogens is 4. The van der Waals surface area contributed by atoms with Gasteiger partial charge in [-0.1, -0.05) is 0 Å². The first kappa shape index (κ1) is 13.6.